The summed E-state index contributed by atoms with van der Waals surface area (Å²) in [7, 11) is 0. The van der Waals surface area contributed by atoms with Crippen molar-refractivity contribution in [3.05, 3.63) is 46.7 Å². The van der Waals surface area contributed by atoms with E-state index in [2.05, 4.69) is 21.4 Å². The van der Waals surface area contributed by atoms with E-state index in [-0.39, 0.29) is 0 Å². The molecule has 4 nitrogen and oxygen atoms in total. The predicted octanol–water partition coefficient (Wildman–Crippen LogP) is 3.37. The lowest BCUT2D eigenvalue weighted by atomic mass is 10.2. The van der Waals surface area contributed by atoms with Gasteiger partial charge in [0.2, 0.25) is 0 Å². The Morgan fingerprint density at radius 2 is 2.15 bits per heavy atom. The molecule has 0 amide bonds. The van der Waals surface area contributed by atoms with Crippen molar-refractivity contribution >= 4 is 35.0 Å². The minimum Gasteiger partial charge on any atom is -0.384 e. The number of nitrogens with zero attached hydrogens (tertiary/aromatic N) is 2. The average molecular weight is 309 g/mol. The predicted molar refractivity (Wildman–Crippen MR) is 87.3 cm³/mol. The number of nitrogens with one attached hydrogen (secondary N) is 1. The Morgan fingerprint density at radius 1 is 1.30 bits per heavy atom. The minimum absolute atomic E-state index is 0.492. The van der Waals surface area contributed by atoms with Crippen molar-refractivity contribution in [2.75, 3.05) is 23.3 Å². The van der Waals surface area contributed by atoms with E-state index in [1.807, 2.05) is 36.9 Å². The minimum atomic E-state index is 0.492. The van der Waals surface area contributed by atoms with Crippen molar-refractivity contribution < 1.29 is 0 Å². The number of hydrogen-bond donors (Lipinski definition) is 2. The van der Waals surface area contributed by atoms with Gasteiger partial charge in [-0.15, -0.1) is 0 Å². The summed E-state index contributed by atoms with van der Waals surface area (Å²) in [4.78, 5) is 8.31. The fraction of sp³-hybridized carbons (Fsp3) is 0.286. The highest BCUT2D eigenvalue weighted by atomic mass is 35.5. The number of benzene rings is 1. The molecule has 0 saturated carbocycles. The molecule has 0 fully saturated rings. The van der Waals surface area contributed by atoms with E-state index >= 15 is 0 Å². The summed E-state index contributed by atoms with van der Waals surface area (Å²) in [6, 6.07) is 9.69. The summed E-state index contributed by atoms with van der Waals surface area (Å²) in [6.07, 6.45) is 0. The molecule has 1 aromatic heterocycles. The maximum absolute atomic E-state index is 5.95. The van der Waals surface area contributed by atoms with E-state index in [9.17, 15) is 0 Å². The third-order valence-corrected chi connectivity index (χ3v) is 3.83. The highest BCUT2D eigenvalue weighted by Crippen LogP contribution is 2.16. The van der Waals surface area contributed by atoms with Crippen molar-refractivity contribution in [1.29, 1.82) is 0 Å². The number of halogens is 1. The van der Waals surface area contributed by atoms with Crippen LogP contribution in [0.5, 0.6) is 0 Å². The van der Waals surface area contributed by atoms with Crippen LogP contribution in [0.1, 0.15) is 11.4 Å². The molecule has 20 heavy (non-hydrogen) atoms. The Morgan fingerprint density at radius 3 is 2.90 bits per heavy atom. The van der Waals surface area contributed by atoms with Crippen LogP contribution in [0.15, 0.2) is 30.3 Å². The quantitative estimate of drug-likeness (QED) is 0.801. The Labute approximate surface area is 128 Å². The van der Waals surface area contributed by atoms with Crippen LogP contribution in [-0.4, -0.2) is 22.3 Å². The zero-order valence-corrected chi connectivity index (χ0v) is 12.8. The summed E-state index contributed by atoms with van der Waals surface area (Å²) in [5.41, 5.74) is 6.91. The molecule has 0 unspecified atom stereocenters. The van der Waals surface area contributed by atoms with Gasteiger partial charge in [-0.25, -0.2) is 9.97 Å². The lowest BCUT2D eigenvalue weighted by molar-refractivity contribution is 1.04. The van der Waals surface area contributed by atoms with E-state index in [0.29, 0.717) is 11.6 Å². The maximum Gasteiger partial charge on any atom is 0.131 e. The molecule has 2 rings (SSSR count). The van der Waals surface area contributed by atoms with E-state index in [4.69, 9.17) is 17.3 Å². The largest absolute Gasteiger partial charge is 0.384 e. The lowest BCUT2D eigenvalue weighted by Gasteiger charge is -2.07. The molecule has 0 bridgehead atoms. The maximum atomic E-state index is 5.95. The molecule has 6 heteroatoms. The summed E-state index contributed by atoms with van der Waals surface area (Å²) < 4.78 is 0. The highest BCUT2D eigenvalue weighted by molar-refractivity contribution is 7.98. The SMILES string of the molecule is Cc1nc(N)cc(NCCSCc2cccc(Cl)c2)n1. The van der Waals surface area contributed by atoms with Gasteiger partial charge in [0.1, 0.15) is 17.5 Å². The average Bonchev–Trinajstić information content (AvgIpc) is 2.37. The molecule has 0 radical (unpaired) electrons. The standard InChI is InChI=1S/C14H17ClN4S/c1-10-18-13(16)8-14(19-10)17-5-6-20-9-11-3-2-4-12(15)7-11/h2-4,7-8H,5-6,9H2,1H3,(H3,16,17,18,19). The van der Waals surface area contributed by atoms with Crippen LogP contribution in [0.25, 0.3) is 0 Å². The molecule has 3 N–H and O–H groups in total. The van der Waals surface area contributed by atoms with Crippen molar-refractivity contribution in [1.82, 2.24) is 9.97 Å². The molecule has 0 aliphatic carbocycles. The van der Waals surface area contributed by atoms with Crippen molar-refractivity contribution in [2.24, 2.45) is 0 Å². The molecule has 0 atom stereocenters. The summed E-state index contributed by atoms with van der Waals surface area (Å²) in [5.74, 6) is 3.88. The fourth-order valence-corrected chi connectivity index (χ4v) is 2.77. The van der Waals surface area contributed by atoms with E-state index < -0.39 is 0 Å². The second-order valence-corrected chi connectivity index (χ2v) is 5.88. The molecular formula is C14H17ClN4S. The van der Waals surface area contributed by atoms with Crippen molar-refractivity contribution in [3.8, 4) is 0 Å². The Hall–Kier alpha value is -1.46. The number of anilines is 2. The Kier molecular flexibility index (Phi) is 5.49. The zero-order chi connectivity index (χ0) is 14.4. The first-order valence-electron chi connectivity index (χ1n) is 6.31. The first-order valence-corrected chi connectivity index (χ1v) is 7.84. The summed E-state index contributed by atoms with van der Waals surface area (Å²) in [5, 5.41) is 4.03. The number of aromatic nitrogens is 2. The van der Waals surface area contributed by atoms with Gasteiger partial charge in [0.05, 0.1) is 0 Å². The molecule has 0 spiro atoms. The Bertz CT molecular complexity index is 557. The van der Waals surface area contributed by atoms with Crippen molar-refractivity contribution in [2.45, 2.75) is 12.7 Å². The van der Waals surface area contributed by atoms with Gasteiger partial charge in [-0.1, -0.05) is 23.7 Å². The molecule has 106 valence electrons. The van der Waals surface area contributed by atoms with Gasteiger partial charge >= 0.3 is 0 Å². The second kappa shape index (κ2) is 7.36. The topological polar surface area (TPSA) is 63.8 Å². The molecule has 0 aliphatic heterocycles. The number of rotatable bonds is 6. The lowest BCUT2D eigenvalue weighted by Crippen LogP contribution is -2.08. The first kappa shape index (κ1) is 14.9. The third-order valence-electron chi connectivity index (χ3n) is 2.57. The summed E-state index contributed by atoms with van der Waals surface area (Å²) >= 11 is 7.79. The monoisotopic (exact) mass is 308 g/mol. The van der Waals surface area contributed by atoms with Crippen LogP contribution in [-0.2, 0) is 5.75 Å². The van der Waals surface area contributed by atoms with Gasteiger partial charge < -0.3 is 11.1 Å². The number of nitrogen functional groups attached to an aromatic ring is 1. The number of nitrogens with two attached hydrogens (primary N) is 1. The molecule has 0 aliphatic rings. The molecule has 1 aromatic carbocycles. The van der Waals surface area contributed by atoms with E-state index in [1.165, 1.54) is 5.56 Å². The second-order valence-electron chi connectivity index (χ2n) is 4.33. The normalized spacial score (nSPS) is 10.5. The zero-order valence-electron chi connectivity index (χ0n) is 11.3. The molecular weight excluding hydrogens is 292 g/mol. The highest BCUT2D eigenvalue weighted by Gasteiger charge is 1.99. The van der Waals surface area contributed by atoms with Gasteiger partial charge in [0, 0.05) is 29.1 Å². The van der Waals surface area contributed by atoms with Crippen LogP contribution in [0.3, 0.4) is 0 Å². The first-order chi connectivity index (χ1) is 9.63. The van der Waals surface area contributed by atoms with Crippen molar-refractivity contribution in [3.63, 3.8) is 0 Å². The molecule has 1 heterocycles. The van der Waals surface area contributed by atoms with Gasteiger partial charge in [0.15, 0.2) is 0 Å². The summed E-state index contributed by atoms with van der Waals surface area (Å²) in [6.45, 7) is 2.66. The van der Waals surface area contributed by atoms with Gasteiger partial charge in [-0.05, 0) is 24.6 Å². The number of hydrogen-bond acceptors (Lipinski definition) is 5. The van der Waals surface area contributed by atoms with E-state index in [1.54, 1.807) is 6.07 Å². The van der Waals surface area contributed by atoms with Gasteiger partial charge in [-0.2, -0.15) is 11.8 Å². The number of thioether (sulfide) groups is 1. The van der Waals surface area contributed by atoms with E-state index in [0.717, 1.165) is 28.9 Å². The van der Waals surface area contributed by atoms with Gasteiger partial charge in [-0.3, -0.25) is 0 Å². The fourth-order valence-electron chi connectivity index (χ4n) is 1.75. The van der Waals surface area contributed by atoms with Crippen LogP contribution in [0.4, 0.5) is 11.6 Å². The number of aryl methyl sites for hydroxylation is 1. The molecule has 2 aromatic rings. The van der Waals surface area contributed by atoms with Crippen LogP contribution < -0.4 is 11.1 Å². The third kappa shape index (κ3) is 4.90. The van der Waals surface area contributed by atoms with Crippen LogP contribution in [0.2, 0.25) is 5.02 Å². The smallest absolute Gasteiger partial charge is 0.131 e. The van der Waals surface area contributed by atoms with Crippen LogP contribution in [0, 0.1) is 6.92 Å². The van der Waals surface area contributed by atoms with Crippen LogP contribution >= 0.6 is 23.4 Å². The Balaban J connectivity index is 1.71. The van der Waals surface area contributed by atoms with Gasteiger partial charge in [0.25, 0.3) is 0 Å². The molecule has 0 saturated heterocycles.